The number of aromatic nitrogens is 2. The monoisotopic (exact) mass is 306 g/mol. The Morgan fingerprint density at radius 2 is 2.00 bits per heavy atom. The minimum Gasteiger partial charge on any atom is -0.465 e. The Hall–Kier alpha value is -2.88. The van der Waals surface area contributed by atoms with E-state index < -0.39 is 0 Å². The summed E-state index contributed by atoms with van der Waals surface area (Å²) in [7, 11) is 1.39. The molecule has 4 heteroatoms. The molecule has 116 valence electrons. The van der Waals surface area contributed by atoms with E-state index in [2.05, 4.69) is 28.6 Å². The van der Waals surface area contributed by atoms with Gasteiger partial charge in [-0.2, -0.15) is 0 Å². The summed E-state index contributed by atoms with van der Waals surface area (Å²) < 4.78 is 6.86. The van der Waals surface area contributed by atoms with Crippen molar-refractivity contribution in [2.45, 2.75) is 13.5 Å². The fourth-order valence-corrected chi connectivity index (χ4v) is 2.62. The third-order valence-electron chi connectivity index (χ3n) is 3.80. The Labute approximate surface area is 135 Å². The van der Waals surface area contributed by atoms with Crippen molar-refractivity contribution in [1.82, 2.24) is 9.55 Å². The van der Waals surface area contributed by atoms with Crippen LogP contribution in [0.2, 0.25) is 0 Å². The number of nitrogens with zero attached hydrogens (tertiary/aromatic N) is 2. The summed E-state index contributed by atoms with van der Waals surface area (Å²) in [5.41, 5.74) is 3.88. The smallest absolute Gasteiger partial charge is 0.337 e. The van der Waals surface area contributed by atoms with Gasteiger partial charge in [0.25, 0.3) is 0 Å². The summed E-state index contributed by atoms with van der Waals surface area (Å²) in [6.07, 6.45) is 3.75. The molecule has 0 N–H and O–H groups in total. The normalized spacial score (nSPS) is 10.5. The molecule has 4 nitrogen and oxygen atoms in total. The van der Waals surface area contributed by atoms with Gasteiger partial charge in [-0.25, -0.2) is 9.78 Å². The van der Waals surface area contributed by atoms with Gasteiger partial charge < -0.3 is 9.30 Å². The Morgan fingerprint density at radius 3 is 2.78 bits per heavy atom. The number of hydrogen-bond donors (Lipinski definition) is 0. The van der Waals surface area contributed by atoms with Crippen LogP contribution in [0, 0.1) is 6.92 Å². The molecule has 0 fully saturated rings. The molecule has 23 heavy (non-hydrogen) atoms. The first-order valence-electron chi connectivity index (χ1n) is 7.43. The SMILES string of the molecule is COC(=O)c1cccc(Cn2ccnc2-c2ccccc2C)c1. The second-order valence-corrected chi connectivity index (χ2v) is 5.39. The van der Waals surface area contributed by atoms with Gasteiger partial charge >= 0.3 is 5.97 Å². The molecule has 0 radical (unpaired) electrons. The Bertz CT molecular complexity index is 837. The first kappa shape index (κ1) is 15.0. The van der Waals surface area contributed by atoms with Crippen molar-refractivity contribution in [3.8, 4) is 11.4 Å². The summed E-state index contributed by atoms with van der Waals surface area (Å²) in [4.78, 5) is 16.1. The van der Waals surface area contributed by atoms with Crippen LogP contribution in [0.5, 0.6) is 0 Å². The van der Waals surface area contributed by atoms with Crippen molar-refractivity contribution in [2.24, 2.45) is 0 Å². The van der Waals surface area contributed by atoms with Crippen molar-refractivity contribution in [1.29, 1.82) is 0 Å². The number of hydrogen-bond acceptors (Lipinski definition) is 3. The first-order chi connectivity index (χ1) is 11.2. The van der Waals surface area contributed by atoms with Crippen molar-refractivity contribution >= 4 is 5.97 Å². The molecule has 0 bridgehead atoms. The van der Waals surface area contributed by atoms with Crippen molar-refractivity contribution in [3.05, 3.63) is 77.6 Å². The van der Waals surface area contributed by atoms with E-state index in [1.54, 1.807) is 12.3 Å². The number of ether oxygens (including phenoxy) is 1. The Kier molecular flexibility index (Phi) is 4.24. The predicted molar refractivity (Wildman–Crippen MR) is 89.3 cm³/mol. The fourth-order valence-electron chi connectivity index (χ4n) is 2.62. The molecule has 3 rings (SSSR count). The Morgan fingerprint density at radius 1 is 1.17 bits per heavy atom. The number of carbonyl (C=O) groups is 1. The van der Waals surface area contributed by atoms with E-state index in [-0.39, 0.29) is 5.97 Å². The van der Waals surface area contributed by atoms with E-state index in [9.17, 15) is 4.79 Å². The lowest BCUT2D eigenvalue weighted by atomic mass is 10.1. The van der Waals surface area contributed by atoms with Crippen LogP contribution in [0.15, 0.2) is 60.9 Å². The van der Waals surface area contributed by atoms with E-state index in [1.807, 2.05) is 36.5 Å². The lowest BCUT2D eigenvalue weighted by Crippen LogP contribution is -2.05. The first-order valence-corrected chi connectivity index (χ1v) is 7.43. The maximum atomic E-state index is 11.7. The third-order valence-corrected chi connectivity index (χ3v) is 3.80. The maximum Gasteiger partial charge on any atom is 0.337 e. The van der Waals surface area contributed by atoms with Gasteiger partial charge in [0.05, 0.1) is 12.7 Å². The number of rotatable bonds is 4. The van der Waals surface area contributed by atoms with Crippen LogP contribution in [0.1, 0.15) is 21.5 Å². The summed E-state index contributed by atoms with van der Waals surface area (Å²) in [5, 5.41) is 0. The molecular weight excluding hydrogens is 288 g/mol. The van der Waals surface area contributed by atoms with Crippen molar-refractivity contribution in [2.75, 3.05) is 7.11 Å². The number of carbonyl (C=O) groups excluding carboxylic acids is 1. The van der Waals surface area contributed by atoms with Gasteiger partial charge in [-0.3, -0.25) is 0 Å². The topological polar surface area (TPSA) is 44.1 Å². The van der Waals surface area contributed by atoms with Gasteiger partial charge in [-0.15, -0.1) is 0 Å². The van der Waals surface area contributed by atoms with Crippen molar-refractivity contribution in [3.63, 3.8) is 0 Å². The summed E-state index contributed by atoms with van der Waals surface area (Å²) in [6, 6.07) is 15.6. The lowest BCUT2D eigenvalue weighted by Gasteiger charge is -2.11. The van der Waals surface area contributed by atoms with Crippen LogP contribution in [-0.4, -0.2) is 22.6 Å². The summed E-state index contributed by atoms with van der Waals surface area (Å²) >= 11 is 0. The minimum absolute atomic E-state index is 0.323. The van der Waals surface area contributed by atoms with E-state index in [4.69, 9.17) is 4.74 Å². The second kappa shape index (κ2) is 6.48. The largest absolute Gasteiger partial charge is 0.465 e. The summed E-state index contributed by atoms with van der Waals surface area (Å²) in [6.45, 7) is 2.72. The van der Waals surface area contributed by atoms with Crippen LogP contribution >= 0.6 is 0 Å². The molecular formula is C19H18N2O2. The zero-order valence-electron chi connectivity index (χ0n) is 13.2. The van der Waals surface area contributed by atoms with Crippen LogP contribution in [0.3, 0.4) is 0 Å². The average molecular weight is 306 g/mol. The van der Waals surface area contributed by atoms with Crippen molar-refractivity contribution < 1.29 is 9.53 Å². The number of esters is 1. The zero-order chi connectivity index (χ0) is 16.2. The molecule has 0 amide bonds. The standard InChI is InChI=1S/C19H18N2O2/c1-14-6-3-4-9-17(14)18-20-10-11-21(18)13-15-7-5-8-16(12-15)19(22)23-2/h3-12H,13H2,1-2H3. The van der Waals surface area contributed by atoms with E-state index in [1.165, 1.54) is 12.7 Å². The molecule has 1 aromatic heterocycles. The number of methoxy groups -OCH3 is 1. The molecule has 0 saturated carbocycles. The van der Waals surface area contributed by atoms with Crippen LogP contribution < -0.4 is 0 Å². The zero-order valence-corrected chi connectivity index (χ0v) is 13.2. The maximum absolute atomic E-state index is 11.7. The van der Waals surface area contributed by atoms with E-state index in [0.717, 1.165) is 17.0 Å². The molecule has 0 aliphatic rings. The van der Waals surface area contributed by atoms with Gasteiger partial charge in [-0.1, -0.05) is 36.4 Å². The van der Waals surface area contributed by atoms with Gasteiger partial charge in [0, 0.05) is 24.5 Å². The molecule has 1 heterocycles. The number of imidazole rings is 1. The molecule has 2 aromatic carbocycles. The van der Waals surface area contributed by atoms with Crippen LogP contribution in [0.25, 0.3) is 11.4 Å². The Balaban J connectivity index is 1.92. The molecule has 0 atom stereocenters. The molecule has 3 aromatic rings. The lowest BCUT2D eigenvalue weighted by molar-refractivity contribution is 0.0600. The number of benzene rings is 2. The van der Waals surface area contributed by atoms with Gasteiger partial charge in [0.15, 0.2) is 0 Å². The quantitative estimate of drug-likeness (QED) is 0.690. The molecule has 0 aliphatic carbocycles. The van der Waals surface area contributed by atoms with Crippen LogP contribution in [0.4, 0.5) is 0 Å². The third kappa shape index (κ3) is 3.16. The average Bonchev–Trinajstić information content (AvgIpc) is 3.02. The highest BCUT2D eigenvalue weighted by molar-refractivity contribution is 5.89. The van der Waals surface area contributed by atoms with Gasteiger partial charge in [0.2, 0.25) is 0 Å². The van der Waals surface area contributed by atoms with Gasteiger partial charge in [-0.05, 0) is 30.2 Å². The molecule has 0 aliphatic heterocycles. The highest BCUT2D eigenvalue weighted by Gasteiger charge is 2.10. The molecule has 0 unspecified atom stereocenters. The predicted octanol–water partition coefficient (Wildman–Crippen LogP) is 3.69. The van der Waals surface area contributed by atoms with E-state index in [0.29, 0.717) is 12.1 Å². The second-order valence-electron chi connectivity index (χ2n) is 5.39. The van der Waals surface area contributed by atoms with E-state index >= 15 is 0 Å². The van der Waals surface area contributed by atoms with Crippen LogP contribution in [-0.2, 0) is 11.3 Å². The highest BCUT2D eigenvalue weighted by Crippen LogP contribution is 2.22. The van der Waals surface area contributed by atoms with Gasteiger partial charge in [0.1, 0.15) is 5.82 Å². The molecule has 0 spiro atoms. The minimum atomic E-state index is -0.323. The molecule has 0 saturated heterocycles. The summed E-state index contributed by atoms with van der Waals surface area (Å²) in [5.74, 6) is 0.600. The fraction of sp³-hybridized carbons (Fsp3) is 0.158. The highest BCUT2D eigenvalue weighted by atomic mass is 16.5. The number of aryl methyl sites for hydroxylation is 1.